The number of anilines is 2. The van der Waals surface area contributed by atoms with E-state index in [1.165, 1.54) is 0 Å². The highest BCUT2D eigenvalue weighted by Crippen LogP contribution is 2.35. The molecule has 0 unspecified atom stereocenters. The van der Waals surface area contributed by atoms with E-state index in [1.807, 2.05) is 17.0 Å². The molecular formula is C21H21N5O3. The molecule has 2 aliphatic rings. The Kier molecular flexibility index (Phi) is 4.80. The molecule has 148 valence electrons. The van der Waals surface area contributed by atoms with Crippen molar-refractivity contribution in [1.29, 1.82) is 5.26 Å². The third-order valence-corrected chi connectivity index (χ3v) is 5.55. The summed E-state index contributed by atoms with van der Waals surface area (Å²) in [5, 5.41) is 14.2. The van der Waals surface area contributed by atoms with Gasteiger partial charge in [0.1, 0.15) is 5.69 Å². The van der Waals surface area contributed by atoms with Gasteiger partial charge in [-0.15, -0.1) is 0 Å². The van der Waals surface area contributed by atoms with E-state index in [0.717, 1.165) is 12.1 Å². The predicted octanol–water partition coefficient (Wildman–Crippen LogP) is 2.33. The van der Waals surface area contributed by atoms with Crippen LogP contribution >= 0.6 is 0 Å². The SMILES string of the molecule is CC(=O)N1C[C@@H]2C[C@H](C1)c1ccc(NC(=O)Nc3cccc(C#N)c3)c(=O)n1C2. The van der Waals surface area contributed by atoms with Gasteiger partial charge in [0.15, 0.2) is 0 Å². The largest absolute Gasteiger partial charge is 0.342 e. The van der Waals surface area contributed by atoms with Crippen LogP contribution in [0.5, 0.6) is 0 Å². The summed E-state index contributed by atoms with van der Waals surface area (Å²) in [4.78, 5) is 38.9. The highest BCUT2D eigenvalue weighted by atomic mass is 16.2. The number of carbonyl (C=O) groups excluding carboxylic acids is 2. The molecule has 3 heterocycles. The number of likely N-dealkylation sites (tertiary alicyclic amines) is 1. The molecule has 0 radical (unpaired) electrons. The molecule has 8 heteroatoms. The van der Waals surface area contributed by atoms with E-state index in [9.17, 15) is 14.4 Å². The molecular weight excluding hydrogens is 370 g/mol. The highest BCUT2D eigenvalue weighted by Gasteiger charge is 2.35. The maximum Gasteiger partial charge on any atom is 0.323 e. The Hall–Kier alpha value is -3.60. The number of nitrogens with zero attached hydrogens (tertiary/aromatic N) is 3. The van der Waals surface area contributed by atoms with Crippen molar-refractivity contribution in [3.8, 4) is 6.07 Å². The van der Waals surface area contributed by atoms with Crippen LogP contribution in [0.15, 0.2) is 41.2 Å². The fourth-order valence-electron chi connectivity index (χ4n) is 4.25. The summed E-state index contributed by atoms with van der Waals surface area (Å²) in [5.41, 5.74) is 1.77. The quantitative estimate of drug-likeness (QED) is 0.819. The normalized spacial score (nSPS) is 19.7. The van der Waals surface area contributed by atoms with Crippen molar-refractivity contribution in [1.82, 2.24) is 9.47 Å². The number of hydrogen-bond donors (Lipinski definition) is 2. The molecule has 1 aromatic carbocycles. The Labute approximate surface area is 167 Å². The number of carbonyl (C=O) groups is 2. The fourth-order valence-corrected chi connectivity index (χ4v) is 4.25. The van der Waals surface area contributed by atoms with Gasteiger partial charge in [-0.3, -0.25) is 9.59 Å². The number of urea groups is 1. The van der Waals surface area contributed by atoms with Crippen LogP contribution in [-0.4, -0.2) is 34.5 Å². The Morgan fingerprint density at radius 2 is 1.97 bits per heavy atom. The van der Waals surface area contributed by atoms with Gasteiger partial charge >= 0.3 is 6.03 Å². The van der Waals surface area contributed by atoms with Crippen molar-refractivity contribution in [3.63, 3.8) is 0 Å². The molecule has 2 aliphatic heterocycles. The van der Waals surface area contributed by atoms with E-state index in [1.54, 1.807) is 41.8 Å². The molecule has 2 atom stereocenters. The molecule has 8 nitrogen and oxygen atoms in total. The van der Waals surface area contributed by atoms with E-state index in [0.29, 0.717) is 30.9 Å². The third kappa shape index (κ3) is 3.72. The van der Waals surface area contributed by atoms with Crippen molar-refractivity contribution in [2.45, 2.75) is 25.8 Å². The molecule has 1 aromatic heterocycles. The lowest BCUT2D eigenvalue weighted by Crippen LogP contribution is -2.48. The zero-order valence-electron chi connectivity index (χ0n) is 16.0. The number of hydrogen-bond acceptors (Lipinski definition) is 4. The molecule has 4 rings (SSSR count). The third-order valence-electron chi connectivity index (χ3n) is 5.55. The van der Waals surface area contributed by atoms with Crippen LogP contribution < -0.4 is 16.2 Å². The summed E-state index contributed by atoms with van der Waals surface area (Å²) in [6.45, 7) is 3.39. The average Bonchev–Trinajstić information content (AvgIpc) is 2.70. The fraction of sp³-hybridized carbons (Fsp3) is 0.333. The Morgan fingerprint density at radius 3 is 2.72 bits per heavy atom. The van der Waals surface area contributed by atoms with Crippen LogP contribution in [0.3, 0.4) is 0 Å². The number of piperidine rings is 1. The van der Waals surface area contributed by atoms with Gasteiger partial charge in [0.2, 0.25) is 5.91 Å². The van der Waals surface area contributed by atoms with E-state index >= 15 is 0 Å². The first-order chi connectivity index (χ1) is 13.9. The van der Waals surface area contributed by atoms with Crippen molar-refractivity contribution in [3.05, 3.63) is 58.0 Å². The van der Waals surface area contributed by atoms with Gasteiger partial charge in [0, 0.05) is 43.9 Å². The Morgan fingerprint density at radius 1 is 1.14 bits per heavy atom. The van der Waals surface area contributed by atoms with Gasteiger partial charge in [-0.2, -0.15) is 5.26 Å². The molecule has 0 saturated carbocycles. The molecule has 0 aliphatic carbocycles. The molecule has 1 saturated heterocycles. The van der Waals surface area contributed by atoms with E-state index in [-0.39, 0.29) is 29.0 Å². The second-order valence-corrected chi connectivity index (χ2v) is 7.58. The smallest absolute Gasteiger partial charge is 0.323 e. The summed E-state index contributed by atoms with van der Waals surface area (Å²) in [5.74, 6) is 0.433. The van der Waals surface area contributed by atoms with Gasteiger partial charge < -0.3 is 20.1 Å². The van der Waals surface area contributed by atoms with Crippen LogP contribution in [0.1, 0.15) is 30.5 Å². The number of fused-ring (bicyclic) bond motifs is 4. The first-order valence-electron chi connectivity index (χ1n) is 9.52. The molecule has 29 heavy (non-hydrogen) atoms. The van der Waals surface area contributed by atoms with Crippen LogP contribution in [0, 0.1) is 17.2 Å². The lowest BCUT2D eigenvalue weighted by atomic mass is 9.83. The summed E-state index contributed by atoms with van der Waals surface area (Å²) in [6, 6.07) is 11.5. The number of aromatic nitrogens is 1. The molecule has 3 amide bonds. The number of nitriles is 1. The van der Waals surface area contributed by atoms with Gasteiger partial charge in [0.05, 0.1) is 11.6 Å². The number of pyridine rings is 1. The van der Waals surface area contributed by atoms with E-state index < -0.39 is 6.03 Å². The number of amides is 3. The minimum Gasteiger partial charge on any atom is -0.342 e. The van der Waals surface area contributed by atoms with Crippen molar-refractivity contribution < 1.29 is 9.59 Å². The zero-order valence-corrected chi connectivity index (χ0v) is 16.0. The maximum atomic E-state index is 12.9. The lowest BCUT2D eigenvalue weighted by molar-refractivity contribution is -0.131. The van der Waals surface area contributed by atoms with Crippen LogP contribution in [0.25, 0.3) is 0 Å². The number of nitrogens with one attached hydrogen (secondary N) is 2. The van der Waals surface area contributed by atoms with Crippen molar-refractivity contribution in [2.75, 3.05) is 23.7 Å². The lowest BCUT2D eigenvalue weighted by Gasteiger charge is -2.42. The van der Waals surface area contributed by atoms with Crippen LogP contribution in [-0.2, 0) is 11.3 Å². The van der Waals surface area contributed by atoms with Gasteiger partial charge in [-0.25, -0.2) is 4.79 Å². The van der Waals surface area contributed by atoms with E-state index in [2.05, 4.69) is 10.6 Å². The second kappa shape index (κ2) is 7.43. The molecule has 1 fully saturated rings. The molecule has 2 aromatic rings. The summed E-state index contributed by atoms with van der Waals surface area (Å²) in [7, 11) is 0. The standard InChI is InChI=1S/C21H21N5O3/c1-13(27)25-10-15-7-16(12-25)19-6-5-18(20(28)26(19)11-15)24-21(29)23-17-4-2-3-14(8-17)9-22/h2-6,8,15-16H,7,10-12H2,1H3,(H2,23,24,29)/t15-,16+/m0/s1. The second-order valence-electron chi connectivity index (χ2n) is 7.58. The van der Waals surface area contributed by atoms with E-state index in [4.69, 9.17) is 5.26 Å². The maximum absolute atomic E-state index is 12.9. The topological polar surface area (TPSA) is 107 Å². The first kappa shape index (κ1) is 18.7. The zero-order chi connectivity index (χ0) is 20.5. The molecule has 2 N–H and O–H groups in total. The summed E-state index contributed by atoms with van der Waals surface area (Å²) >= 11 is 0. The van der Waals surface area contributed by atoms with Crippen molar-refractivity contribution in [2.24, 2.45) is 5.92 Å². The summed E-state index contributed by atoms with van der Waals surface area (Å²) < 4.78 is 1.72. The Balaban J connectivity index is 1.53. The van der Waals surface area contributed by atoms with Gasteiger partial charge in [-0.05, 0) is 42.7 Å². The summed E-state index contributed by atoms with van der Waals surface area (Å²) in [6.07, 6.45) is 0.964. The molecule has 2 bridgehead atoms. The predicted molar refractivity (Wildman–Crippen MR) is 108 cm³/mol. The Bertz CT molecular complexity index is 1080. The highest BCUT2D eigenvalue weighted by molar-refractivity contribution is 5.99. The van der Waals surface area contributed by atoms with Gasteiger partial charge in [0.25, 0.3) is 5.56 Å². The first-order valence-corrected chi connectivity index (χ1v) is 9.52. The van der Waals surface area contributed by atoms with Crippen LogP contribution in [0.2, 0.25) is 0 Å². The monoisotopic (exact) mass is 391 g/mol. The number of rotatable bonds is 2. The minimum absolute atomic E-state index is 0.0610. The van der Waals surface area contributed by atoms with Crippen LogP contribution in [0.4, 0.5) is 16.2 Å². The minimum atomic E-state index is -0.545. The molecule has 0 spiro atoms. The average molecular weight is 391 g/mol. The van der Waals surface area contributed by atoms with Crippen molar-refractivity contribution >= 4 is 23.3 Å². The number of benzene rings is 1. The van der Waals surface area contributed by atoms with Gasteiger partial charge in [-0.1, -0.05) is 6.07 Å².